The lowest BCUT2D eigenvalue weighted by Gasteiger charge is -2.52. The van der Waals surface area contributed by atoms with Crippen LogP contribution < -0.4 is 5.32 Å². The molecule has 0 spiro atoms. The molecular formula is C24H41NO6. The molecule has 1 amide bonds. The van der Waals surface area contributed by atoms with E-state index in [2.05, 4.69) is 19.2 Å². The third-order valence-corrected chi connectivity index (χ3v) is 8.70. The van der Waals surface area contributed by atoms with Gasteiger partial charge in [0.1, 0.15) is 18.3 Å². The molecule has 2 bridgehead atoms. The Kier molecular flexibility index (Phi) is 6.84. The Morgan fingerprint density at radius 3 is 2.58 bits per heavy atom. The molecule has 0 aromatic rings. The van der Waals surface area contributed by atoms with Crippen molar-refractivity contribution in [3.8, 4) is 0 Å². The summed E-state index contributed by atoms with van der Waals surface area (Å²) < 4.78 is 5.36. The van der Waals surface area contributed by atoms with Gasteiger partial charge in [0.15, 0.2) is 0 Å². The molecule has 2 fully saturated rings. The van der Waals surface area contributed by atoms with Crippen LogP contribution in [0.1, 0.15) is 66.7 Å². The molecular weight excluding hydrogens is 398 g/mol. The van der Waals surface area contributed by atoms with Crippen LogP contribution in [0.15, 0.2) is 11.6 Å². The maximum Gasteiger partial charge on any atom is 0.407 e. The molecule has 0 saturated heterocycles. The van der Waals surface area contributed by atoms with Crippen LogP contribution in [0.5, 0.6) is 0 Å². The van der Waals surface area contributed by atoms with Gasteiger partial charge in [-0.1, -0.05) is 47.1 Å². The highest BCUT2D eigenvalue weighted by Crippen LogP contribution is 2.70. The summed E-state index contributed by atoms with van der Waals surface area (Å²) in [4.78, 5) is 12.1. The Morgan fingerprint density at radius 1 is 1.29 bits per heavy atom. The molecule has 7 nitrogen and oxygen atoms in total. The van der Waals surface area contributed by atoms with Crippen LogP contribution in [-0.4, -0.2) is 63.6 Å². The van der Waals surface area contributed by atoms with Gasteiger partial charge in [0.2, 0.25) is 0 Å². The summed E-state index contributed by atoms with van der Waals surface area (Å²) in [5, 5.41) is 48.3. The molecule has 5 N–H and O–H groups in total. The number of nitrogens with one attached hydrogen (secondary N) is 1. The average Bonchev–Trinajstić information content (AvgIpc) is 3.33. The van der Waals surface area contributed by atoms with Gasteiger partial charge in [-0.05, 0) is 48.5 Å². The highest BCUT2D eigenvalue weighted by molar-refractivity contribution is 5.67. The zero-order valence-corrected chi connectivity index (χ0v) is 19.6. The summed E-state index contributed by atoms with van der Waals surface area (Å²) in [6.45, 7) is 10.2. The van der Waals surface area contributed by atoms with Gasteiger partial charge in [-0.25, -0.2) is 4.79 Å². The summed E-state index contributed by atoms with van der Waals surface area (Å²) >= 11 is 0. The number of aliphatic hydroxyl groups excluding tert-OH is 3. The Bertz CT molecular complexity index is 708. The molecule has 0 radical (unpaired) electrons. The zero-order valence-electron chi connectivity index (χ0n) is 19.6. The summed E-state index contributed by atoms with van der Waals surface area (Å²) in [6, 6.07) is 0. The van der Waals surface area contributed by atoms with Crippen LogP contribution in [0.3, 0.4) is 0 Å². The number of carbonyl (C=O) groups excluding carboxylic acids is 1. The van der Waals surface area contributed by atoms with E-state index in [-0.39, 0.29) is 30.3 Å². The second-order valence-corrected chi connectivity index (χ2v) is 10.7. The van der Waals surface area contributed by atoms with Crippen molar-refractivity contribution in [1.82, 2.24) is 5.32 Å². The lowest BCUT2D eigenvalue weighted by Crippen LogP contribution is -2.66. The van der Waals surface area contributed by atoms with Crippen LogP contribution in [0.25, 0.3) is 0 Å². The lowest BCUT2D eigenvalue weighted by atomic mass is 9.60. The molecule has 3 aliphatic rings. The van der Waals surface area contributed by atoms with Crippen molar-refractivity contribution in [1.29, 1.82) is 0 Å². The minimum Gasteiger partial charge on any atom is -0.445 e. The standard InChI is InChI=1S/C24H41NO6/c1-6-8-11-25-21(29)31-13-14-12-15-18-16(22(18,3)4)9-10-23(5,20(15)28)24(30,19(14)27)17(26)7-2/h12,15-20,26-28,30H,6-11,13H2,1-5H3,(H,25,29)/t15-,16+,17-,18-,19+,20?,23-,24+/m0/s1. The van der Waals surface area contributed by atoms with E-state index in [1.165, 1.54) is 0 Å². The van der Waals surface area contributed by atoms with Gasteiger partial charge < -0.3 is 30.5 Å². The summed E-state index contributed by atoms with van der Waals surface area (Å²) in [5.74, 6) is 0.330. The monoisotopic (exact) mass is 439 g/mol. The first-order valence-electron chi connectivity index (χ1n) is 11.8. The molecule has 0 aromatic heterocycles. The van der Waals surface area contributed by atoms with E-state index < -0.39 is 35.4 Å². The van der Waals surface area contributed by atoms with Crippen LogP contribution in [0, 0.1) is 28.6 Å². The second kappa shape index (κ2) is 8.65. The first-order chi connectivity index (χ1) is 14.5. The van der Waals surface area contributed by atoms with E-state index >= 15 is 0 Å². The van der Waals surface area contributed by atoms with E-state index in [4.69, 9.17) is 4.74 Å². The van der Waals surface area contributed by atoms with Gasteiger partial charge in [0.05, 0.1) is 12.2 Å². The molecule has 0 heterocycles. The Morgan fingerprint density at radius 2 is 1.97 bits per heavy atom. The number of aliphatic hydroxyl groups is 4. The van der Waals surface area contributed by atoms with Crippen molar-refractivity contribution in [3.05, 3.63) is 11.6 Å². The quantitative estimate of drug-likeness (QED) is 0.307. The van der Waals surface area contributed by atoms with E-state index in [1.807, 2.05) is 13.0 Å². The Labute approximate surface area is 185 Å². The van der Waals surface area contributed by atoms with Crippen LogP contribution >= 0.6 is 0 Å². The number of carbonyl (C=O) groups is 1. The topological polar surface area (TPSA) is 119 Å². The van der Waals surface area contributed by atoms with Crippen LogP contribution in [0.4, 0.5) is 4.79 Å². The Balaban J connectivity index is 1.95. The van der Waals surface area contributed by atoms with Gasteiger partial charge >= 0.3 is 6.09 Å². The van der Waals surface area contributed by atoms with Crippen molar-refractivity contribution in [2.24, 2.45) is 28.6 Å². The molecule has 0 aromatic carbocycles. The third-order valence-electron chi connectivity index (χ3n) is 8.70. The molecule has 8 atom stereocenters. The first kappa shape index (κ1) is 24.5. The number of amides is 1. The zero-order chi connectivity index (χ0) is 23.2. The molecule has 1 unspecified atom stereocenters. The minimum atomic E-state index is -1.95. The molecule has 31 heavy (non-hydrogen) atoms. The second-order valence-electron chi connectivity index (χ2n) is 10.7. The van der Waals surface area contributed by atoms with Gasteiger partial charge in [0, 0.05) is 17.9 Å². The fourth-order valence-electron chi connectivity index (χ4n) is 6.46. The summed E-state index contributed by atoms with van der Waals surface area (Å²) in [7, 11) is 0. The van der Waals surface area contributed by atoms with Gasteiger partial charge in [-0.15, -0.1) is 0 Å². The lowest BCUT2D eigenvalue weighted by molar-refractivity contribution is -0.233. The third kappa shape index (κ3) is 3.81. The number of hydrogen-bond donors (Lipinski definition) is 5. The molecule has 178 valence electrons. The maximum absolute atomic E-state index is 12.1. The van der Waals surface area contributed by atoms with E-state index in [1.54, 1.807) is 13.8 Å². The number of rotatable bonds is 7. The van der Waals surface area contributed by atoms with Gasteiger partial charge in [-0.3, -0.25) is 0 Å². The van der Waals surface area contributed by atoms with Crippen molar-refractivity contribution in [2.45, 2.75) is 90.6 Å². The highest BCUT2D eigenvalue weighted by Gasteiger charge is 2.70. The highest BCUT2D eigenvalue weighted by atomic mass is 16.5. The van der Waals surface area contributed by atoms with Gasteiger partial charge in [-0.2, -0.15) is 0 Å². The smallest absolute Gasteiger partial charge is 0.407 e. The molecule has 7 heteroatoms. The maximum atomic E-state index is 12.1. The van der Waals surface area contributed by atoms with Crippen molar-refractivity contribution in [2.75, 3.05) is 13.2 Å². The van der Waals surface area contributed by atoms with Crippen molar-refractivity contribution < 1.29 is 30.0 Å². The Hall–Kier alpha value is -1.15. The van der Waals surface area contributed by atoms with Crippen molar-refractivity contribution >= 4 is 6.09 Å². The van der Waals surface area contributed by atoms with Crippen LogP contribution in [0.2, 0.25) is 0 Å². The normalized spacial score (nSPS) is 41.8. The number of fused-ring (bicyclic) bond motifs is 4. The first-order valence-corrected chi connectivity index (χ1v) is 11.8. The summed E-state index contributed by atoms with van der Waals surface area (Å²) in [6.07, 6.45) is 0.958. The SMILES string of the molecule is CCCCNC(=O)OCC1=C[C@@H]2C(O)[C@](C)(CC[C@@H]3[C@H]2C3(C)C)[C@@](O)([C@@H](O)CC)[C@@H]1O. The summed E-state index contributed by atoms with van der Waals surface area (Å²) in [5.41, 5.74) is -2.65. The number of hydrogen-bond acceptors (Lipinski definition) is 6. The minimum absolute atomic E-state index is 0.0593. The largest absolute Gasteiger partial charge is 0.445 e. The molecule has 3 rings (SSSR count). The fraction of sp³-hybridized carbons (Fsp3) is 0.875. The number of ether oxygens (including phenoxy) is 1. The number of unbranched alkanes of at least 4 members (excludes halogenated alkanes) is 1. The molecule has 2 saturated carbocycles. The van der Waals surface area contributed by atoms with E-state index in [9.17, 15) is 25.2 Å². The van der Waals surface area contributed by atoms with Gasteiger partial charge in [0.25, 0.3) is 0 Å². The van der Waals surface area contributed by atoms with E-state index in [0.29, 0.717) is 24.5 Å². The molecule has 3 aliphatic carbocycles. The van der Waals surface area contributed by atoms with E-state index in [0.717, 1.165) is 19.3 Å². The van der Waals surface area contributed by atoms with Crippen molar-refractivity contribution in [3.63, 3.8) is 0 Å². The predicted molar refractivity (Wildman–Crippen MR) is 117 cm³/mol. The number of alkyl carbamates (subject to hydrolysis) is 1. The average molecular weight is 440 g/mol. The predicted octanol–water partition coefficient (Wildman–Crippen LogP) is 2.37. The fourth-order valence-corrected chi connectivity index (χ4v) is 6.46. The van der Waals surface area contributed by atoms with Crippen LogP contribution in [-0.2, 0) is 4.74 Å². The molecule has 0 aliphatic heterocycles.